The Balaban J connectivity index is 1.58. The summed E-state index contributed by atoms with van der Waals surface area (Å²) in [7, 11) is 0. The van der Waals surface area contributed by atoms with Crippen LogP contribution in [0.25, 0.3) is 11.3 Å². The van der Waals surface area contributed by atoms with Gasteiger partial charge in [0.1, 0.15) is 0 Å². The molecule has 3 rings (SSSR count). The number of aromatic nitrogens is 1. The van der Waals surface area contributed by atoms with Crippen LogP contribution in [0.1, 0.15) is 47.8 Å². The van der Waals surface area contributed by atoms with Crippen molar-refractivity contribution < 1.29 is 23.9 Å². The summed E-state index contributed by atoms with van der Waals surface area (Å²) in [4.78, 5) is 40.0. The molecule has 3 aromatic rings. The van der Waals surface area contributed by atoms with Gasteiger partial charge in [0.2, 0.25) is 11.7 Å². The van der Waals surface area contributed by atoms with Crippen LogP contribution in [0.3, 0.4) is 0 Å². The molecule has 0 aliphatic rings. The number of carboxylic acid groups (broad SMARTS) is 1. The molecule has 0 fully saturated rings. The van der Waals surface area contributed by atoms with Gasteiger partial charge in [0.15, 0.2) is 5.76 Å². The van der Waals surface area contributed by atoms with Gasteiger partial charge in [-0.25, -0.2) is 9.78 Å². The zero-order chi connectivity index (χ0) is 23.5. The summed E-state index contributed by atoms with van der Waals surface area (Å²) in [5.41, 5.74) is 1.67. The van der Waals surface area contributed by atoms with E-state index in [1.807, 2.05) is 60.7 Å². The third-order valence-corrected chi connectivity index (χ3v) is 5.16. The van der Waals surface area contributed by atoms with Gasteiger partial charge in [0.05, 0.1) is 12.1 Å². The number of nitrogens with one attached hydrogen (secondary N) is 2. The molecule has 0 saturated heterocycles. The third kappa shape index (κ3) is 7.31. The van der Waals surface area contributed by atoms with Gasteiger partial charge in [-0.05, 0) is 24.8 Å². The number of rotatable bonds is 12. The van der Waals surface area contributed by atoms with Crippen molar-refractivity contribution in [3.8, 4) is 11.3 Å². The van der Waals surface area contributed by atoms with Crippen LogP contribution >= 0.6 is 0 Å². The molecule has 1 heterocycles. The molecular formula is C25H27N3O5. The topological polar surface area (TPSA) is 122 Å². The van der Waals surface area contributed by atoms with Gasteiger partial charge in [-0.15, -0.1) is 0 Å². The largest absolute Gasteiger partial charge is 0.465 e. The minimum Gasteiger partial charge on any atom is -0.465 e. The lowest BCUT2D eigenvalue weighted by atomic mass is 9.91. The molecule has 0 spiro atoms. The molecule has 3 N–H and O–H groups in total. The fourth-order valence-corrected chi connectivity index (χ4v) is 3.46. The van der Waals surface area contributed by atoms with Crippen molar-refractivity contribution in [2.75, 3.05) is 13.1 Å². The Kier molecular flexibility index (Phi) is 8.76. The van der Waals surface area contributed by atoms with Gasteiger partial charge < -0.3 is 20.2 Å². The first-order chi connectivity index (χ1) is 16.0. The Morgan fingerprint density at radius 2 is 1.61 bits per heavy atom. The molecule has 1 aromatic heterocycles. The van der Waals surface area contributed by atoms with Crippen molar-refractivity contribution >= 4 is 17.8 Å². The van der Waals surface area contributed by atoms with Crippen molar-refractivity contribution in [3.05, 3.63) is 78.3 Å². The predicted octanol–water partition coefficient (Wildman–Crippen LogP) is 4.25. The molecule has 0 radical (unpaired) electrons. The number of carbonyl (C=O) groups excluding carboxylic acids is 2. The van der Waals surface area contributed by atoms with Crippen molar-refractivity contribution in [3.63, 3.8) is 0 Å². The summed E-state index contributed by atoms with van der Waals surface area (Å²) in [5.74, 6) is -0.311. The molecule has 2 aromatic carbocycles. The number of oxazole rings is 1. The van der Waals surface area contributed by atoms with Crippen molar-refractivity contribution in [2.45, 2.75) is 31.6 Å². The fourth-order valence-electron chi connectivity index (χ4n) is 3.46. The normalized spacial score (nSPS) is 11.5. The standard InChI is InChI=1S/C25H27N3O5/c29-22(13-7-8-15-27-25(31)32)26-16-14-20(18-9-3-1-4-10-18)23(30)24-28-17-21(33-24)19-11-5-2-6-12-19/h1-6,9-12,17,20,27H,7-8,13-16H2,(H,26,29)(H,31,32). The molecule has 1 unspecified atom stereocenters. The maximum Gasteiger partial charge on any atom is 0.404 e. The van der Waals surface area contributed by atoms with Crippen LogP contribution in [0.5, 0.6) is 0 Å². The van der Waals surface area contributed by atoms with Gasteiger partial charge in [0.25, 0.3) is 5.89 Å². The summed E-state index contributed by atoms with van der Waals surface area (Å²) >= 11 is 0. The molecule has 0 aliphatic carbocycles. The second kappa shape index (κ2) is 12.2. The number of ketones is 1. The number of carbonyl (C=O) groups is 3. The van der Waals surface area contributed by atoms with E-state index in [1.165, 1.54) is 0 Å². The first-order valence-corrected chi connectivity index (χ1v) is 10.9. The van der Waals surface area contributed by atoms with Gasteiger partial charge in [-0.3, -0.25) is 9.59 Å². The molecule has 8 nitrogen and oxygen atoms in total. The van der Waals surface area contributed by atoms with Crippen LogP contribution in [-0.2, 0) is 4.79 Å². The quantitative estimate of drug-likeness (QED) is 0.281. The zero-order valence-electron chi connectivity index (χ0n) is 18.2. The van der Waals surface area contributed by atoms with E-state index in [-0.39, 0.29) is 17.6 Å². The van der Waals surface area contributed by atoms with Crippen LogP contribution in [0.4, 0.5) is 4.79 Å². The van der Waals surface area contributed by atoms with Crippen LogP contribution in [-0.4, -0.2) is 41.0 Å². The Labute approximate surface area is 192 Å². The van der Waals surface area contributed by atoms with Crippen molar-refractivity contribution in [2.24, 2.45) is 0 Å². The van der Waals surface area contributed by atoms with Crippen LogP contribution < -0.4 is 10.6 Å². The molecule has 33 heavy (non-hydrogen) atoms. The number of hydrogen-bond donors (Lipinski definition) is 3. The number of amides is 2. The summed E-state index contributed by atoms with van der Waals surface area (Å²) in [5, 5.41) is 13.7. The average molecular weight is 450 g/mol. The maximum absolute atomic E-state index is 13.2. The number of nitrogens with zero attached hydrogens (tertiary/aromatic N) is 1. The SMILES string of the molecule is O=C(O)NCCCCC(=O)NCCC(C(=O)c1ncc(-c2ccccc2)o1)c1ccccc1. The Morgan fingerprint density at radius 1 is 0.909 bits per heavy atom. The smallest absolute Gasteiger partial charge is 0.404 e. The summed E-state index contributed by atoms with van der Waals surface area (Å²) in [6.45, 7) is 0.637. The maximum atomic E-state index is 13.2. The van der Waals surface area contributed by atoms with Crippen LogP contribution in [0.15, 0.2) is 71.3 Å². The second-order valence-electron chi connectivity index (χ2n) is 7.55. The van der Waals surface area contributed by atoms with E-state index in [9.17, 15) is 14.4 Å². The van der Waals surface area contributed by atoms with E-state index in [2.05, 4.69) is 15.6 Å². The van der Waals surface area contributed by atoms with Gasteiger partial charge in [0, 0.05) is 25.1 Å². The van der Waals surface area contributed by atoms with E-state index in [0.29, 0.717) is 44.5 Å². The van der Waals surface area contributed by atoms with E-state index >= 15 is 0 Å². The van der Waals surface area contributed by atoms with Gasteiger partial charge >= 0.3 is 6.09 Å². The highest BCUT2D eigenvalue weighted by molar-refractivity contribution is 5.97. The van der Waals surface area contributed by atoms with E-state index in [0.717, 1.165) is 11.1 Å². The van der Waals surface area contributed by atoms with Gasteiger partial charge in [-0.1, -0.05) is 60.7 Å². The first-order valence-electron chi connectivity index (χ1n) is 10.9. The minimum atomic E-state index is -1.07. The lowest BCUT2D eigenvalue weighted by molar-refractivity contribution is -0.121. The molecule has 8 heteroatoms. The molecule has 2 amide bonds. The van der Waals surface area contributed by atoms with Crippen LogP contribution in [0, 0.1) is 0 Å². The zero-order valence-corrected chi connectivity index (χ0v) is 18.2. The minimum absolute atomic E-state index is 0.0416. The van der Waals surface area contributed by atoms with Gasteiger partial charge in [-0.2, -0.15) is 0 Å². The lowest BCUT2D eigenvalue weighted by Gasteiger charge is -2.15. The monoisotopic (exact) mass is 449 g/mol. The predicted molar refractivity (Wildman–Crippen MR) is 123 cm³/mol. The van der Waals surface area contributed by atoms with E-state index in [4.69, 9.17) is 9.52 Å². The summed E-state index contributed by atoms with van der Waals surface area (Å²) in [6, 6.07) is 18.8. The highest BCUT2D eigenvalue weighted by Gasteiger charge is 2.26. The van der Waals surface area contributed by atoms with E-state index in [1.54, 1.807) is 6.20 Å². The molecule has 0 aliphatic heterocycles. The lowest BCUT2D eigenvalue weighted by Crippen LogP contribution is -2.27. The Morgan fingerprint density at radius 3 is 2.30 bits per heavy atom. The molecule has 1 atom stereocenters. The highest BCUT2D eigenvalue weighted by atomic mass is 16.4. The Hall–Kier alpha value is -3.94. The molecule has 0 bridgehead atoms. The third-order valence-electron chi connectivity index (χ3n) is 5.16. The molecule has 0 saturated carbocycles. The number of benzene rings is 2. The van der Waals surface area contributed by atoms with Crippen LogP contribution in [0.2, 0.25) is 0 Å². The van der Waals surface area contributed by atoms with Crippen molar-refractivity contribution in [1.82, 2.24) is 15.6 Å². The fraction of sp³-hybridized carbons (Fsp3) is 0.280. The number of unbranched alkanes of at least 4 members (excludes halogenated alkanes) is 1. The Bertz CT molecular complexity index is 1050. The molecular weight excluding hydrogens is 422 g/mol. The highest BCUT2D eigenvalue weighted by Crippen LogP contribution is 2.26. The number of Topliss-reactive ketones (excluding diaryl/α,β-unsaturated/α-hetero) is 1. The second-order valence-corrected chi connectivity index (χ2v) is 7.55. The molecule has 172 valence electrons. The van der Waals surface area contributed by atoms with E-state index < -0.39 is 12.0 Å². The summed E-state index contributed by atoms with van der Waals surface area (Å²) < 4.78 is 5.76. The summed E-state index contributed by atoms with van der Waals surface area (Å²) in [6.07, 6.45) is 2.33. The average Bonchev–Trinajstić information content (AvgIpc) is 3.33. The number of hydrogen-bond acceptors (Lipinski definition) is 5. The first kappa shape index (κ1) is 23.7. The van der Waals surface area contributed by atoms with Crippen molar-refractivity contribution in [1.29, 1.82) is 0 Å².